The normalized spacial score (nSPS) is 16.8. The molecule has 1 heterocycles. The van der Waals surface area contributed by atoms with Gasteiger partial charge in [-0.1, -0.05) is 18.2 Å². The fraction of sp³-hybridized carbons (Fsp3) is 0.357. The highest BCUT2D eigenvalue weighted by Crippen LogP contribution is 2.48. The number of aryl methyl sites for hydroxylation is 1. The quantitative estimate of drug-likeness (QED) is 0.947. The summed E-state index contributed by atoms with van der Waals surface area (Å²) in [5.41, 5.74) is 9.44. The largest absolute Gasteiger partial charge is 0.330 e. The molecule has 0 atom stereocenters. The number of hydrogen-bond acceptors (Lipinski definition) is 2. The van der Waals surface area contributed by atoms with Crippen LogP contribution < -0.4 is 5.73 Å². The second-order valence-electron chi connectivity index (χ2n) is 5.04. The molecule has 3 rings (SSSR count). The summed E-state index contributed by atoms with van der Waals surface area (Å²) in [7, 11) is 0. The number of nitrogens with zero attached hydrogens (tertiary/aromatic N) is 2. The Hall–Kier alpha value is -1.13. The molecular weight excluding hydrogens is 290 g/mol. The van der Waals surface area contributed by atoms with Crippen molar-refractivity contribution in [1.82, 2.24) is 9.78 Å². The van der Waals surface area contributed by atoms with Gasteiger partial charge in [-0.2, -0.15) is 5.10 Å². The van der Waals surface area contributed by atoms with Crippen LogP contribution >= 0.6 is 15.9 Å². The number of para-hydroxylation sites is 1. The highest BCUT2D eigenvalue weighted by molar-refractivity contribution is 9.10. The maximum absolute atomic E-state index is 5.88. The molecule has 2 aromatic rings. The van der Waals surface area contributed by atoms with E-state index >= 15 is 0 Å². The minimum absolute atomic E-state index is 0.118. The first-order valence-electron chi connectivity index (χ1n) is 6.18. The van der Waals surface area contributed by atoms with E-state index in [-0.39, 0.29) is 5.41 Å². The SMILES string of the molecule is Cc1ccccc1-n1cc(Br)c(C2(CN)CC2)n1. The summed E-state index contributed by atoms with van der Waals surface area (Å²) in [5, 5.41) is 4.74. The highest BCUT2D eigenvalue weighted by Gasteiger charge is 2.46. The van der Waals surface area contributed by atoms with Gasteiger partial charge in [0, 0.05) is 18.2 Å². The lowest BCUT2D eigenvalue weighted by Gasteiger charge is -2.09. The Morgan fingerprint density at radius 1 is 1.39 bits per heavy atom. The number of nitrogens with two attached hydrogens (primary N) is 1. The average molecular weight is 306 g/mol. The molecule has 94 valence electrons. The Kier molecular flexibility index (Phi) is 2.79. The first-order chi connectivity index (χ1) is 8.66. The van der Waals surface area contributed by atoms with Gasteiger partial charge in [-0.15, -0.1) is 0 Å². The van der Waals surface area contributed by atoms with Gasteiger partial charge in [-0.25, -0.2) is 4.68 Å². The minimum Gasteiger partial charge on any atom is -0.330 e. The molecule has 2 N–H and O–H groups in total. The van der Waals surface area contributed by atoms with Crippen LogP contribution in [0.2, 0.25) is 0 Å². The molecule has 0 amide bonds. The van der Waals surface area contributed by atoms with E-state index in [0.29, 0.717) is 6.54 Å². The Labute approximate surface area is 115 Å². The summed E-state index contributed by atoms with van der Waals surface area (Å²) in [5.74, 6) is 0. The minimum atomic E-state index is 0.118. The second kappa shape index (κ2) is 4.21. The molecule has 0 radical (unpaired) electrons. The third-order valence-corrected chi connectivity index (χ3v) is 4.36. The molecule has 0 spiro atoms. The zero-order chi connectivity index (χ0) is 12.8. The lowest BCUT2D eigenvalue weighted by atomic mass is 10.0. The van der Waals surface area contributed by atoms with Crippen molar-refractivity contribution in [1.29, 1.82) is 0 Å². The van der Waals surface area contributed by atoms with Gasteiger partial charge in [-0.05, 0) is 47.3 Å². The van der Waals surface area contributed by atoms with E-state index in [9.17, 15) is 0 Å². The van der Waals surface area contributed by atoms with E-state index in [1.54, 1.807) is 0 Å². The van der Waals surface area contributed by atoms with Gasteiger partial charge < -0.3 is 5.73 Å². The first kappa shape index (κ1) is 11.9. The van der Waals surface area contributed by atoms with Gasteiger partial charge in [0.25, 0.3) is 0 Å². The molecule has 1 aliphatic rings. The van der Waals surface area contributed by atoms with Crippen molar-refractivity contribution in [3.8, 4) is 5.69 Å². The maximum Gasteiger partial charge on any atom is 0.0845 e. The molecule has 0 aliphatic heterocycles. The van der Waals surface area contributed by atoms with E-state index in [1.165, 1.54) is 5.56 Å². The molecule has 0 saturated heterocycles. The van der Waals surface area contributed by atoms with Gasteiger partial charge in [-0.3, -0.25) is 0 Å². The number of halogens is 1. The van der Waals surface area contributed by atoms with Crippen LogP contribution in [0.5, 0.6) is 0 Å². The summed E-state index contributed by atoms with van der Waals surface area (Å²) < 4.78 is 3.01. The summed E-state index contributed by atoms with van der Waals surface area (Å²) >= 11 is 3.62. The summed E-state index contributed by atoms with van der Waals surface area (Å²) in [6.07, 6.45) is 4.33. The molecule has 0 unspecified atom stereocenters. The fourth-order valence-corrected chi connectivity index (χ4v) is 3.04. The van der Waals surface area contributed by atoms with Crippen LogP contribution in [0.4, 0.5) is 0 Å². The Morgan fingerprint density at radius 2 is 2.11 bits per heavy atom. The van der Waals surface area contributed by atoms with Crippen molar-refractivity contribution in [3.05, 3.63) is 46.2 Å². The lowest BCUT2D eigenvalue weighted by molar-refractivity contribution is 0.658. The molecule has 1 aliphatic carbocycles. The molecule has 1 fully saturated rings. The van der Waals surface area contributed by atoms with Crippen molar-refractivity contribution < 1.29 is 0 Å². The van der Waals surface area contributed by atoms with E-state index < -0.39 is 0 Å². The predicted octanol–water partition coefficient (Wildman–Crippen LogP) is 2.93. The highest BCUT2D eigenvalue weighted by atomic mass is 79.9. The van der Waals surface area contributed by atoms with Crippen molar-refractivity contribution in [2.45, 2.75) is 25.2 Å². The van der Waals surface area contributed by atoms with Gasteiger partial charge in [0.2, 0.25) is 0 Å². The van der Waals surface area contributed by atoms with Crippen LogP contribution in [0.3, 0.4) is 0 Å². The smallest absolute Gasteiger partial charge is 0.0845 e. The Balaban J connectivity index is 2.06. The molecule has 3 nitrogen and oxygen atoms in total. The molecule has 4 heteroatoms. The van der Waals surface area contributed by atoms with Gasteiger partial charge >= 0.3 is 0 Å². The van der Waals surface area contributed by atoms with Crippen molar-refractivity contribution >= 4 is 15.9 Å². The van der Waals surface area contributed by atoms with E-state index in [0.717, 1.165) is 28.7 Å². The third-order valence-electron chi connectivity index (χ3n) is 3.78. The lowest BCUT2D eigenvalue weighted by Crippen LogP contribution is -2.21. The fourth-order valence-electron chi connectivity index (χ4n) is 2.34. The van der Waals surface area contributed by atoms with Crippen LogP contribution in [0, 0.1) is 6.92 Å². The van der Waals surface area contributed by atoms with Gasteiger partial charge in [0.15, 0.2) is 0 Å². The molecule has 1 aromatic heterocycles. The summed E-state index contributed by atoms with van der Waals surface area (Å²) in [6, 6.07) is 8.26. The van der Waals surface area contributed by atoms with Gasteiger partial charge in [0.1, 0.15) is 0 Å². The molecule has 1 aromatic carbocycles. The average Bonchev–Trinajstić information content (AvgIpc) is 3.07. The van der Waals surface area contributed by atoms with E-state index in [4.69, 9.17) is 10.8 Å². The Bertz CT molecular complexity index is 584. The predicted molar refractivity (Wildman–Crippen MR) is 76.0 cm³/mol. The Morgan fingerprint density at radius 3 is 2.72 bits per heavy atom. The monoisotopic (exact) mass is 305 g/mol. The van der Waals surface area contributed by atoms with Crippen LogP contribution in [-0.4, -0.2) is 16.3 Å². The summed E-state index contributed by atoms with van der Waals surface area (Å²) in [4.78, 5) is 0. The first-order valence-corrected chi connectivity index (χ1v) is 6.97. The molecule has 0 bridgehead atoms. The molecule has 18 heavy (non-hydrogen) atoms. The van der Waals surface area contributed by atoms with Crippen molar-refractivity contribution in [3.63, 3.8) is 0 Å². The summed E-state index contributed by atoms with van der Waals surface area (Å²) in [6.45, 7) is 2.77. The van der Waals surface area contributed by atoms with Gasteiger partial charge in [0.05, 0.1) is 15.9 Å². The molecular formula is C14H16BrN3. The standard InChI is InChI=1S/C14H16BrN3/c1-10-4-2-3-5-12(10)18-8-11(15)13(17-18)14(9-16)6-7-14/h2-5,8H,6-7,9,16H2,1H3. The van der Waals surface area contributed by atoms with E-state index in [2.05, 4.69) is 35.0 Å². The second-order valence-corrected chi connectivity index (χ2v) is 5.90. The zero-order valence-electron chi connectivity index (χ0n) is 10.4. The number of aromatic nitrogens is 2. The van der Waals surface area contributed by atoms with Crippen LogP contribution in [0.1, 0.15) is 24.1 Å². The number of hydrogen-bond donors (Lipinski definition) is 1. The topological polar surface area (TPSA) is 43.8 Å². The number of rotatable bonds is 3. The van der Waals surface area contributed by atoms with Crippen LogP contribution in [-0.2, 0) is 5.41 Å². The van der Waals surface area contributed by atoms with Crippen LogP contribution in [0.25, 0.3) is 5.69 Å². The number of benzene rings is 1. The van der Waals surface area contributed by atoms with Crippen molar-refractivity contribution in [2.24, 2.45) is 5.73 Å². The zero-order valence-corrected chi connectivity index (χ0v) is 11.9. The van der Waals surface area contributed by atoms with Crippen molar-refractivity contribution in [2.75, 3.05) is 6.54 Å². The van der Waals surface area contributed by atoms with Crippen LogP contribution in [0.15, 0.2) is 34.9 Å². The van der Waals surface area contributed by atoms with E-state index in [1.807, 2.05) is 23.0 Å². The molecule has 1 saturated carbocycles. The maximum atomic E-state index is 5.88. The third kappa shape index (κ3) is 1.80.